The molecule has 0 radical (unpaired) electrons. The highest BCUT2D eigenvalue weighted by atomic mass is 16.8. The first-order valence-corrected chi connectivity index (χ1v) is 21.9. The number of hydrogen-bond acceptors (Lipinski definition) is 19. The lowest BCUT2D eigenvalue weighted by atomic mass is 9.41. The molecule has 0 unspecified atom stereocenters. The molecule has 3 saturated heterocycles. The summed E-state index contributed by atoms with van der Waals surface area (Å²) in [7, 11) is 0. The van der Waals surface area contributed by atoms with Gasteiger partial charge in [-0.25, -0.2) is 0 Å². The molecule has 21 atom stereocenters. The zero-order valence-corrected chi connectivity index (χ0v) is 35.0. The largest absolute Gasteiger partial charge is 0.462 e. The van der Waals surface area contributed by atoms with Crippen LogP contribution in [0.15, 0.2) is 12.2 Å². The van der Waals surface area contributed by atoms with Crippen molar-refractivity contribution in [2.75, 3.05) is 33.0 Å². The highest BCUT2D eigenvalue weighted by molar-refractivity contribution is 5.77. The SMILES string of the molecule is C=C1C[C@@]23CC[C@H]4[C@@](C)(CCC[C@@]4(C)C(=O)OC[C@H](O)[C@H](O)CO)[C@@H]2CC[C@]1(O[C@@H]1O[C@H](CCO)[C@@H](O)[C@H](O[C@@H]2O[C@H](CO)C[C@H](O)[C@H]2O)[C@H]1O[C@@H]1OC[C@@H](O)[C@H](O)[C@H]1O)C3. The van der Waals surface area contributed by atoms with Crippen molar-refractivity contribution in [1.82, 2.24) is 0 Å². The maximum Gasteiger partial charge on any atom is 0.312 e. The average molecular weight is 877 g/mol. The molecule has 0 aromatic rings. The summed E-state index contributed by atoms with van der Waals surface area (Å²) in [4.78, 5) is 13.8. The first-order chi connectivity index (χ1) is 28.9. The summed E-state index contributed by atoms with van der Waals surface area (Å²) in [6.45, 7) is 6.31. The second kappa shape index (κ2) is 18.4. The third-order valence-electron chi connectivity index (χ3n) is 15.7. The Hall–Kier alpha value is -1.47. The predicted octanol–water partition coefficient (Wildman–Crippen LogP) is -2.14. The number of ether oxygens (including phenoxy) is 7. The van der Waals surface area contributed by atoms with Crippen LogP contribution in [0, 0.1) is 28.1 Å². The van der Waals surface area contributed by atoms with Crippen molar-refractivity contribution in [3.05, 3.63) is 12.2 Å². The smallest absolute Gasteiger partial charge is 0.312 e. The zero-order valence-electron chi connectivity index (χ0n) is 35.0. The van der Waals surface area contributed by atoms with Crippen LogP contribution in [-0.2, 0) is 38.0 Å². The highest BCUT2D eigenvalue weighted by Gasteiger charge is 2.69. The fraction of sp³-hybridized carbons (Fsp3) is 0.929. The Morgan fingerprint density at radius 3 is 2.25 bits per heavy atom. The van der Waals surface area contributed by atoms with Crippen molar-refractivity contribution in [3.8, 4) is 0 Å². The van der Waals surface area contributed by atoms with Gasteiger partial charge in [-0.1, -0.05) is 19.9 Å². The molecule has 7 rings (SSSR count). The van der Waals surface area contributed by atoms with Gasteiger partial charge in [0.2, 0.25) is 0 Å². The molecule has 19 heteroatoms. The van der Waals surface area contributed by atoms with Crippen molar-refractivity contribution in [3.63, 3.8) is 0 Å². The van der Waals surface area contributed by atoms with Gasteiger partial charge in [0.25, 0.3) is 0 Å². The lowest BCUT2D eigenvalue weighted by Crippen LogP contribution is -2.66. The number of hydrogen-bond donors (Lipinski definition) is 11. The van der Waals surface area contributed by atoms with Gasteiger partial charge in [-0.3, -0.25) is 4.79 Å². The van der Waals surface area contributed by atoms with E-state index in [1.54, 1.807) is 0 Å². The van der Waals surface area contributed by atoms with Crippen LogP contribution < -0.4 is 0 Å². The number of carbonyl (C=O) groups is 1. The van der Waals surface area contributed by atoms with E-state index in [0.29, 0.717) is 38.5 Å². The van der Waals surface area contributed by atoms with Crippen LogP contribution in [-0.4, -0.2) is 193 Å². The topological polar surface area (TPSA) is 304 Å². The maximum atomic E-state index is 13.8. The zero-order chi connectivity index (χ0) is 44.2. The fourth-order valence-electron chi connectivity index (χ4n) is 12.5. The third kappa shape index (κ3) is 8.59. The Morgan fingerprint density at radius 1 is 0.820 bits per heavy atom. The monoisotopic (exact) mass is 876 g/mol. The highest BCUT2D eigenvalue weighted by Crippen LogP contribution is 2.73. The Morgan fingerprint density at radius 2 is 1.54 bits per heavy atom. The molecule has 0 aromatic heterocycles. The van der Waals surface area contributed by atoms with E-state index in [-0.39, 0.29) is 35.5 Å². The van der Waals surface area contributed by atoms with Gasteiger partial charge >= 0.3 is 5.97 Å². The summed E-state index contributed by atoms with van der Waals surface area (Å²) in [6.07, 6.45) is -16.0. The van der Waals surface area contributed by atoms with Crippen LogP contribution >= 0.6 is 0 Å². The van der Waals surface area contributed by atoms with Gasteiger partial charge < -0.3 is 89.3 Å². The normalized spacial score (nSPS) is 49.7. The quantitative estimate of drug-likeness (QED) is 0.0504. The lowest BCUT2D eigenvalue weighted by molar-refractivity contribution is -0.391. The Labute approximate surface area is 355 Å². The molecular formula is C42H68O19. The summed E-state index contributed by atoms with van der Waals surface area (Å²) in [5.41, 5.74) is -1.61. The molecule has 0 amide bonds. The van der Waals surface area contributed by atoms with Crippen molar-refractivity contribution >= 4 is 5.97 Å². The minimum Gasteiger partial charge on any atom is -0.462 e. The number of rotatable bonds is 14. The van der Waals surface area contributed by atoms with Crippen molar-refractivity contribution in [2.24, 2.45) is 28.1 Å². The maximum absolute atomic E-state index is 13.8. The van der Waals surface area contributed by atoms with E-state index >= 15 is 0 Å². The van der Waals surface area contributed by atoms with Crippen LogP contribution in [0.3, 0.4) is 0 Å². The predicted molar refractivity (Wildman–Crippen MR) is 206 cm³/mol. The molecule has 2 bridgehead atoms. The molecule has 11 N–H and O–H groups in total. The van der Waals surface area contributed by atoms with Gasteiger partial charge in [-0.2, -0.15) is 0 Å². The summed E-state index contributed by atoms with van der Waals surface area (Å²) >= 11 is 0. The van der Waals surface area contributed by atoms with Crippen LogP contribution in [0.25, 0.3) is 0 Å². The van der Waals surface area contributed by atoms with Gasteiger partial charge in [0.05, 0.1) is 49.1 Å². The number of aliphatic hydroxyl groups excluding tert-OH is 11. The fourth-order valence-corrected chi connectivity index (χ4v) is 12.5. The first-order valence-electron chi connectivity index (χ1n) is 21.9. The molecule has 3 heterocycles. The average Bonchev–Trinajstić information content (AvgIpc) is 3.43. The van der Waals surface area contributed by atoms with Crippen LogP contribution in [0.2, 0.25) is 0 Å². The van der Waals surface area contributed by atoms with Crippen molar-refractivity contribution in [1.29, 1.82) is 0 Å². The molecule has 7 fully saturated rings. The Bertz CT molecular complexity index is 1540. The standard InChI is InChI=1S/C42H68O19/c1-20-14-41-10-5-27-39(2,8-4-9-40(27,3)38(54)56-17-24(48)23(47)16-45)28(41)6-11-42(20,19-41)61-37-34(60-35-32(53)29(50)25(49)18-55-35)33(31(52)26(58-37)7-12-43)59-36-30(51)22(46)13-21(15-44)57-36/h21-37,43-53H,1,4-19H2,2-3H3/t21-,22-,23+,24-,25+,26+,27-,28-,29-,30+,31+,32+,33-,34+,35-,36-,37-,39+,40+,41+,42-/m0/s1. The molecule has 4 saturated carbocycles. The molecule has 7 aliphatic rings. The van der Waals surface area contributed by atoms with E-state index in [9.17, 15) is 61.0 Å². The van der Waals surface area contributed by atoms with Gasteiger partial charge in [0.15, 0.2) is 18.9 Å². The molecule has 19 nitrogen and oxygen atoms in total. The summed E-state index contributed by atoms with van der Waals surface area (Å²) in [5, 5.41) is 114. The van der Waals surface area contributed by atoms with Crippen LogP contribution in [0.4, 0.5) is 0 Å². The van der Waals surface area contributed by atoms with Gasteiger partial charge in [-0.05, 0) is 93.0 Å². The summed E-state index contributed by atoms with van der Waals surface area (Å²) < 4.78 is 43.0. The van der Waals surface area contributed by atoms with E-state index in [4.69, 9.17) is 33.2 Å². The minimum absolute atomic E-state index is 0.0470. The van der Waals surface area contributed by atoms with Crippen LogP contribution in [0.5, 0.6) is 0 Å². The molecule has 0 aromatic carbocycles. The van der Waals surface area contributed by atoms with E-state index in [0.717, 1.165) is 24.8 Å². The Balaban J connectivity index is 1.16. The number of esters is 1. The summed E-state index contributed by atoms with van der Waals surface area (Å²) in [6, 6.07) is 0. The van der Waals surface area contributed by atoms with E-state index in [1.165, 1.54) is 0 Å². The third-order valence-corrected chi connectivity index (χ3v) is 15.7. The Kier molecular flexibility index (Phi) is 14.3. The van der Waals surface area contributed by atoms with E-state index in [1.807, 2.05) is 6.92 Å². The van der Waals surface area contributed by atoms with Crippen LogP contribution in [0.1, 0.15) is 84.5 Å². The van der Waals surface area contributed by atoms with Crippen molar-refractivity contribution in [2.45, 2.75) is 182 Å². The van der Waals surface area contributed by atoms with E-state index in [2.05, 4.69) is 13.5 Å². The molecule has 350 valence electrons. The van der Waals surface area contributed by atoms with Crippen molar-refractivity contribution < 1.29 is 94.1 Å². The second-order valence-corrected chi connectivity index (χ2v) is 19.4. The van der Waals surface area contributed by atoms with E-state index < -0.39 is 142 Å². The first kappa shape index (κ1) is 47.5. The van der Waals surface area contributed by atoms with Gasteiger partial charge in [0, 0.05) is 13.0 Å². The lowest BCUT2D eigenvalue weighted by Gasteiger charge is -2.64. The molecule has 1 spiro atoms. The van der Waals surface area contributed by atoms with Gasteiger partial charge in [0.1, 0.15) is 61.5 Å². The number of fused-ring (bicyclic) bond motifs is 3. The molecular weight excluding hydrogens is 808 g/mol. The molecule has 4 aliphatic carbocycles. The van der Waals surface area contributed by atoms with Gasteiger partial charge in [-0.15, -0.1) is 0 Å². The second-order valence-electron chi connectivity index (χ2n) is 19.4. The molecule has 3 aliphatic heterocycles. The minimum atomic E-state index is -1.76. The summed E-state index contributed by atoms with van der Waals surface area (Å²) in [5.74, 6) is -0.335. The number of carbonyl (C=O) groups excluding carboxylic acids is 1. The number of aliphatic hydroxyl groups is 11. The molecule has 61 heavy (non-hydrogen) atoms.